The predicted molar refractivity (Wildman–Crippen MR) is 70.4 cm³/mol. The lowest BCUT2D eigenvalue weighted by molar-refractivity contribution is 0.660. The molecule has 0 unspecified atom stereocenters. The van der Waals surface area contributed by atoms with E-state index in [2.05, 4.69) is 10.2 Å². The van der Waals surface area contributed by atoms with Crippen LogP contribution in [0.3, 0.4) is 0 Å². The summed E-state index contributed by atoms with van der Waals surface area (Å²) in [4.78, 5) is 11.5. The summed E-state index contributed by atoms with van der Waals surface area (Å²) in [6.07, 6.45) is 2.57. The molecule has 17 heavy (non-hydrogen) atoms. The maximum Gasteiger partial charge on any atom is 0.250 e. The molecule has 2 heterocycles. The van der Waals surface area contributed by atoms with Gasteiger partial charge in [0, 0.05) is 30.2 Å². The fraction of sp³-hybridized carbons (Fsp3) is 0.300. The average Bonchev–Trinajstić information content (AvgIpc) is 2.82. The zero-order valence-electron chi connectivity index (χ0n) is 9.07. The van der Waals surface area contributed by atoms with Crippen LogP contribution in [0.4, 0.5) is 5.69 Å². The molecule has 7 heteroatoms. The molecule has 2 aromatic heterocycles. The Morgan fingerprint density at radius 3 is 3.12 bits per heavy atom. The summed E-state index contributed by atoms with van der Waals surface area (Å²) in [7, 11) is 0. The molecule has 2 aromatic rings. The third kappa shape index (κ3) is 3.57. The average molecular weight is 268 g/mol. The molecule has 0 aliphatic carbocycles. The van der Waals surface area contributed by atoms with Gasteiger partial charge in [-0.05, 0) is 12.5 Å². The summed E-state index contributed by atoms with van der Waals surface area (Å²) >= 11 is 3.18. The van der Waals surface area contributed by atoms with E-state index in [9.17, 15) is 4.79 Å². The number of nitrogens with two attached hydrogens (primary N) is 1. The Hall–Kier alpha value is -1.34. The zero-order valence-corrected chi connectivity index (χ0v) is 10.7. The normalized spacial score (nSPS) is 10.6. The molecule has 0 bridgehead atoms. The number of aromatic nitrogens is 3. The van der Waals surface area contributed by atoms with E-state index in [1.54, 1.807) is 34.1 Å². The van der Waals surface area contributed by atoms with Crippen LogP contribution in [0.25, 0.3) is 0 Å². The van der Waals surface area contributed by atoms with Gasteiger partial charge >= 0.3 is 0 Å². The molecular formula is C10H12N4OS2. The minimum atomic E-state index is -0.0138. The number of pyridine rings is 1. The van der Waals surface area contributed by atoms with Crippen molar-refractivity contribution in [3.63, 3.8) is 0 Å². The first-order valence-corrected chi connectivity index (χ1v) is 6.97. The highest BCUT2D eigenvalue weighted by molar-refractivity contribution is 8.00. The highest BCUT2D eigenvalue weighted by atomic mass is 32.2. The van der Waals surface area contributed by atoms with E-state index >= 15 is 0 Å². The largest absolute Gasteiger partial charge is 0.398 e. The highest BCUT2D eigenvalue weighted by Gasteiger charge is 1.99. The molecule has 0 aliphatic rings. The van der Waals surface area contributed by atoms with E-state index < -0.39 is 0 Å². The van der Waals surface area contributed by atoms with Gasteiger partial charge in [0.2, 0.25) is 0 Å². The number of thioether (sulfide) groups is 1. The second-order valence-electron chi connectivity index (χ2n) is 3.40. The molecule has 0 amide bonds. The quantitative estimate of drug-likeness (QED) is 0.656. The maximum atomic E-state index is 11.5. The summed E-state index contributed by atoms with van der Waals surface area (Å²) < 4.78 is 2.60. The van der Waals surface area contributed by atoms with Gasteiger partial charge in [0.1, 0.15) is 5.51 Å². The van der Waals surface area contributed by atoms with Crippen molar-refractivity contribution in [1.29, 1.82) is 0 Å². The van der Waals surface area contributed by atoms with Crippen molar-refractivity contribution in [3.8, 4) is 0 Å². The predicted octanol–water partition coefficient (Wildman–Crippen LogP) is 1.46. The number of nitrogen functional groups attached to an aromatic ring is 1. The minimum absolute atomic E-state index is 0.0138. The van der Waals surface area contributed by atoms with E-state index in [1.165, 1.54) is 17.4 Å². The monoisotopic (exact) mass is 268 g/mol. The van der Waals surface area contributed by atoms with Crippen LogP contribution in [-0.2, 0) is 6.54 Å². The molecule has 0 atom stereocenters. The van der Waals surface area contributed by atoms with Crippen LogP contribution in [0, 0.1) is 0 Å². The Kier molecular flexibility index (Phi) is 4.16. The number of nitrogens with zero attached hydrogens (tertiary/aromatic N) is 3. The molecule has 2 rings (SSSR count). The third-order valence-electron chi connectivity index (χ3n) is 2.12. The van der Waals surface area contributed by atoms with Crippen molar-refractivity contribution >= 4 is 28.8 Å². The van der Waals surface area contributed by atoms with E-state index in [4.69, 9.17) is 5.73 Å². The second-order valence-corrected chi connectivity index (χ2v) is 5.58. The lowest BCUT2D eigenvalue weighted by atomic mass is 10.4. The van der Waals surface area contributed by atoms with E-state index in [0.717, 1.165) is 16.5 Å². The zero-order chi connectivity index (χ0) is 12.1. The van der Waals surface area contributed by atoms with Crippen molar-refractivity contribution in [2.45, 2.75) is 17.3 Å². The van der Waals surface area contributed by atoms with Gasteiger partial charge in [0.25, 0.3) is 5.56 Å². The number of rotatable bonds is 5. The van der Waals surface area contributed by atoms with Gasteiger partial charge in [-0.15, -0.1) is 10.2 Å². The van der Waals surface area contributed by atoms with Crippen molar-refractivity contribution < 1.29 is 0 Å². The van der Waals surface area contributed by atoms with Crippen molar-refractivity contribution in [2.24, 2.45) is 0 Å². The first-order valence-electron chi connectivity index (χ1n) is 5.10. The fourth-order valence-electron chi connectivity index (χ4n) is 1.34. The van der Waals surface area contributed by atoms with Crippen LogP contribution < -0.4 is 11.3 Å². The molecule has 0 radical (unpaired) electrons. The van der Waals surface area contributed by atoms with Crippen molar-refractivity contribution in [2.75, 3.05) is 11.5 Å². The smallest absolute Gasteiger partial charge is 0.250 e. The van der Waals surface area contributed by atoms with Crippen molar-refractivity contribution in [3.05, 3.63) is 34.2 Å². The van der Waals surface area contributed by atoms with Gasteiger partial charge in [-0.25, -0.2) is 0 Å². The van der Waals surface area contributed by atoms with Crippen LogP contribution in [-0.4, -0.2) is 20.5 Å². The molecule has 0 saturated carbocycles. The summed E-state index contributed by atoms with van der Waals surface area (Å²) in [6, 6.07) is 3.11. The van der Waals surface area contributed by atoms with Crippen molar-refractivity contribution in [1.82, 2.24) is 14.8 Å². The third-order valence-corrected chi connectivity index (χ3v) is 4.06. The SMILES string of the molecule is Nc1ccc(=O)n(CCCSc2nncs2)c1. The minimum Gasteiger partial charge on any atom is -0.398 e. The number of anilines is 1. The summed E-state index contributed by atoms with van der Waals surface area (Å²) in [5.41, 5.74) is 7.94. The Morgan fingerprint density at radius 2 is 2.35 bits per heavy atom. The van der Waals surface area contributed by atoms with Gasteiger partial charge in [0.05, 0.1) is 0 Å². The lowest BCUT2D eigenvalue weighted by Crippen LogP contribution is -2.19. The Morgan fingerprint density at radius 1 is 1.47 bits per heavy atom. The van der Waals surface area contributed by atoms with Gasteiger partial charge in [-0.1, -0.05) is 23.1 Å². The molecule has 5 nitrogen and oxygen atoms in total. The van der Waals surface area contributed by atoms with Crippen LogP contribution in [0.2, 0.25) is 0 Å². The molecular weight excluding hydrogens is 256 g/mol. The molecule has 2 N–H and O–H groups in total. The summed E-state index contributed by atoms with van der Waals surface area (Å²) in [5.74, 6) is 0.913. The highest BCUT2D eigenvalue weighted by Crippen LogP contribution is 2.19. The van der Waals surface area contributed by atoms with E-state index in [1.807, 2.05) is 0 Å². The number of hydrogen-bond acceptors (Lipinski definition) is 6. The van der Waals surface area contributed by atoms with Crippen LogP contribution in [0.5, 0.6) is 0 Å². The van der Waals surface area contributed by atoms with Crippen LogP contribution in [0.15, 0.2) is 33.0 Å². The molecule has 0 aromatic carbocycles. The Balaban J connectivity index is 1.82. The van der Waals surface area contributed by atoms with Crippen LogP contribution in [0.1, 0.15) is 6.42 Å². The fourth-order valence-corrected chi connectivity index (χ4v) is 2.83. The van der Waals surface area contributed by atoms with Crippen LogP contribution >= 0.6 is 23.1 Å². The number of aryl methyl sites for hydroxylation is 1. The number of hydrogen-bond donors (Lipinski definition) is 1. The van der Waals surface area contributed by atoms with Gasteiger partial charge in [-0.2, -0.15) is 0 Å². The molecule has 0 aliphatic heterocycles. The lowest BCUT2D eigenvalue weighted by Gasteiger charge is -2.05. The molecule has 0 spiro atoms. The summed E-state index contributed by atoms with van der Waals surface area (Å²) in [6.45, 7) is 0.676. The Bertz CT molecular complexity index is 523. The van der Waals surface area contributed by atoms with Gasteiger partial charge in [0.15, 0.2) is 4.34 Å². The maximum absolute atomic E-state index is 11.5. The standard InChI is InChI=1S/C10H12N4OS2/c11-8-2-3-9(15)14(6-8)4-1-5-16-10-13-12-7-17-10/h2-3,6-7H,1,4-5,11H2. The topological polar surface area (TPSA) is 73.8 Å². The van der Waals surface area contributed by atoms with Gasteiger partial charge < -0.3 is 10.3 Å². The summed E-state index contributed by atoms with van der Waals surface area (Å²) in [5, 5.41) is 7.70. The molecule has 0 saturated heterocycles. The Labute approximate surface area is 107 Å². The first-order chi connectivity index (χ1) is 8.25. The molecule has 0 fully saturated rings. The second kappa shape index (κ2) is 5.83. The van der Waals surface area contributed by atoms with E-state index in [0.29, 0.717) is 12.2 Å². The van der Waals surface area contributed by atoms with E-state index in [-0.39, 0.29) is 5.56 Å². The van der Waals surface area contributed by atoms with Gasteiger partial charge in [-0.3, -0.25) is 4.79 Å². The molecule has 90 valence electrons. The first kappa shape index (κ1) is 12.1.